The number of nitriles is 1. The fourth-order valence-electron chi connectivity index (χ4n) is 0. The summed E-state index contributed by atoms with van der Waals surface area (Å²) in [6.07, 6.45) is 0. The van der Waals surface area contributed by atoms with Crippen LogP contribution >= 0.6 is 12.6 Å². The smallest absolute Gasteiger partial charge is 1.00 e. The summed E-state index contributed by atoms with van der Waals surface area (Å²) in [5.41, 5.74) is 0. The minimum absolute atomic E-state index is 0. The predicted octanol–water partition coefficient (Wildman–Crippen LogP) is 0.239. The van der Waals surface area contributed by atoms with E-state index in [1.807, 2.05) is 0 Å². The first-order valence-corrected chi connectivity index (χ1v) is 0.894. The van der Waals surface area contributed by atoms with Crippen molar-refractivity contribution in [2.75, 3.05) is 0 Å². The molecule has 0 aromatic heterocycles. The Morgan fingerprint density at radius 2 is 1.80 bits per heavy atom. The van der Waals surface area contributed by atoms with Gasteiger partial charge >= 0.3 is 23.1 Å². The molecule has 0 bridgehead atoms. The second kappa shape index (κ2) is 18.8. The number of hydrogen-bond donors (Lipinski definition) is 1. The largest absolute Gasteiger partial charge is 2.00 e. The fraction of sp³-hybridized carbons (Fsp3) is 0. The molecule has 0 amide bonds. The van der Waals surface area contributed by atoms with Gasteiger partial charge in [0.15, 0.2) is 0 Å². The Balaban J connectivity index is -0.00000000333. The van der Waals surface area contributed by atoms with Crippen LogP contribution in [0.5, 0.6) is 0 Å². The van der Waals surface area contributed by atoms with Crippen molar-refractivity contribution in [2.45, 2.75) is 0 Å². The molecule has 22 valence electrons. The van der Waals surface area contributed by atoms with Crippen LogP contribution in [-0.4, -0.2) is 23.1 Å². The predicted molar refractivity (Wildman–Crippen MR) is 22.6 cm³/mol. The Hall–Kier alpha value is 1.23. The molecule has 0 aliphatic rings. The van der Waals surface area contributed by atoms with E-state index >= 15 is 0 Å². The van der Waals surface area contributed by atoms with Crippen LogP contribution in [0, 0.1) is 10.7 Å². The van der Waals surface area contributed by atoms with Crippen LogP contribution in [0.3, 0.4) is 0 Å². The number of nitrogens with zero attached hydrogens (tertiary/aromatic N) is 1. The zero-order valence-electron chi connectivity index (χ0n) is 4.81. The van der Waals surface area contributed by atoms with Crippen molar-refractivity contribution in [1.29, 1.82) is 5.26 Å². The Morgan fingerprint density at radius 3 is 1.80 bits per heavy atom. The third-order valence-electron chi connectivity index (χ3n) is 0. The van der Waals surface area contributed by atoms with Gasteiger partial charge in [-0.2, -0.15) is 5.26 Å². The first-order chi connectivity index (χ1) is 1.41. The van der Waals surface area contributed by atoms with Crippen molar-refractivity contribution in [1.82, 2.24) is 0 Å². The first kappa shape index (κ1) is 16.3. The summed E-state index contributed by atoms with van der Waals surface area (Å²) in [6.45, 7) is 0. The molecule has 0 aliphatic heterocycles. The number of thiol groups is 1. The average molecular weight is 151 g/mol. The zero-order valence-corrected chi connectivity index (χ0v) is 8.08. The molecule has 1 nitrogen and oxygen atoms in total. The molecule has 0 atom stereocenters. The minimum Gasteiger partial charge on any atom is -1.00 e. The van der Waals surface area contributed by atoms with Gasteiger partial charge in [0, 0.05) is 19.5 Å². The van der Waals surface area contributed by atoms with Gasteiger partial charge in [0.05, 0.1) is 0 Å². The molecule has 0 aromatic rings. The first-order valence-electron chi connectivity index (χ1n) is 0.447. The van der Waals surface area contributed by atoms with Gasteiger partial charge in [0.2, 0.25) is 0 Å². The third kappa shape index (κ3) is 36.1. The van der Waals surface area contributed by atoms with E-state index in [1.165, 1.54) is 5.40 Å². The third-order valence-corrected chi connectivity index (χ3v) is 0. The molecule has 0 saturated carbocycles. The van der Waals surface area contributed by atoms with Crippen molar-refractivity contribution in [3.05, 3.63) is 0 Å². The van der Waals surface area contributed by atoms with Crippen molar-refractivity contribution in [3.8, 4) is 5.40 Å². The van der Waals surface area contributed by atoms with Crippen LogP contribution in [0.2, 0.25) is 0 Å². The van der Waals surface area contributed by atoms with Gasteiger partial charge in [-0.3, -0.25) is 0 Å². The minimum atomic E-state index is 0. The molecular formula is CH3MgNSZn. The molecule has 0 N–H and O–H groups in total. The standard InChI is InChI=1S/CHNS.Mg.Zn.2H/c2-1-3;;;;/h3H;;;;/q;+2;;2*-1. The van der Waals surface area contributed by atoms with E-state index in [4.69, 9.17) is 5.26 Å². The summed E-state index contributed by atoms with van der Waals surface area (Å²) >= 11 is 3.09. The Labute approximate surface area is 68.4 Å². The maximum Gasteiger partial charge on any atom is 2.00 e. The normalized spacial score (nSPS) is 1.60. The number of thiocyanates is 1. The van der Waals surface area contributed by atoms with E-state index in [1.54, 1.807) is 0 Å². The van der Waals surface area contributed by atoms with Gasteiger partial charge in [-0.1, -0.05) is 12.6 Å². The molecule has 0 aromatic carbocycles. The van der Waals surface area contributed by atoms with E-state index in [9.17, 15) is 0 Å². The van der Waals surface area contributed by atoms with Gasteiger partial charge in [-0.05, 0) is 0 Å². The molecule has 0 spiro atoms. The fourth-order valence-corrected chi connectivity index (χ4v) is 0. The molecule has 4 heteroatoms. The average Bonchev–Trinajstić information content (AvgIpc) is 0.918. The van der Waals surface area contributed by atoms with Crippen LogP contribution in [0.25, 0.3) is 0 Å². The van der Waals surface area contributed by atoms with Gasteiger partial charge in [0.1, 0.15) is 5.40 Å². The van der Waals surface area contributed by atoms with Crippen molar-refractivity contribution >= 4 is 35.7 Å². The summed E-state index contributed by atoms with van der Waals surface area (Å²) in [5, 5.41) is 8.63. The molecular weight excluding hydrogens is 148 g/mol. The Morgan fingerprint density at radius 1 is 1.80 bits per heavy atom. The van der Waals surface area contributed by atoms with Crippen LogP contribution in [0.4, 0.5) is 0 Å². The van der Waals surface area contributed by atoms with E-state index in [0.29, 0.717) is 0 Å². The molecule has 0 fully saturated rings. The topological polar surface area (TPSA) is 23.8 Å². The maximum atomic E-state index is 7.18. The van der Waals surface area contributed by atoms with Gasteiger partial charge in [-0.25, -0.2) is 0 Å². The molecule has 0 saturated heterocycles. The summed E-state index contributed by atoms with van der Waals surface area (Å²) in [5.74, 6) is 0. The molecule has 0 aliphatic carbocycles. The van der Waals surface area contributed by atoms with E-state index in [-0.39, 0.29) is 45.4 Å². The maximum absolute atomic E-state index is 7.18. The Kier molecular flexibility index (Phi) is 61.5. The monoisotopic (exact) mass is 149 g/mol. The second-order valence-corrected chi connectivity index (χ2v) is 0.300. The van der Waals surface area contributed by atoms with Crippen LogP contribution in [-0.2, 0) is 19.5 Å². The SMILES string of the molecule is N#CS.[H-].[H-].[Mg+2].[Zn]. The summed E-state index contributed by atoms with van der Waals surface area (Å²) in [6, 6.07) is 0. The Bertz CT molecular complexity index is 39.2. The van der Waals surface area contributed by atoms with Gasteiger partial charge < -0.3 is 2.85 Å². The van der Waals surface area contributed by atoms with Crippen molar-refractivity contribution < 1.29 is 22.3 Å². The summed E-state index contributed by atoms with van der Waals surface area (Å²) in [7, 11) is 0. The number of hydrogen-bond acceptors (Lipinski definition) is 2. The summed E-state index contributed by atoms with van der Waals surface area (Å²) < 4.78 is 0. The quantitative estimate of drug-likeness (QED) is 0.299. The van der Waals surface area contributed by atoms with Crippen molar-refractivity contribution in [3.63, 3.8) is 0 Å². The molecule has 0 radical (unpaired) electrons. The number of rotatable bonds is 0. The van der Waals surface area contributed by atoms with Gasteiger partial charge in [0.25, 0.3) is 0 Å². The molecule has 5 heavy (non-hydrogen) atoms. The van der Waals surface area contributed by atoms with E-state index in [0.717, 1.165) is 0 Å². The molecule has 0 unspecified atom stereocenters. The van der Waals surface area contributed by atoms with Crippen LogP contribution in [0.15, 0.2) is 0 Å². The van der Waals surface area contributed by atoms with Crippen LogP contribution in [0.1, 0.15) is 2.85 Å². The molecule has 0 rings (SSSR count). The van der Waals surface area contributed by atoms with E-state index < -0.39 is 0 Å². The second-order valence-electron chi connectivity index (χ2n) is 0.100. The summed E-state index contributed by atoms with van der Waals surface area (Å²) in [4.78, 5) is 0. The molecule has 0 heterocycles. The van der Waals surface area contributed by atoms with E-state index in [2.05, 4.69) is 12.6 Å². The zero-order chi connectivity index (χ0) is 2.71. The van der Waals surface area contributed by atoms with Crippen LogP contribution < -0.4 is 0 Å². The van der Waals surface area contributed by atoms with Crippen molar-refractivity contribution in [2.24, 2.45) is 0 Å². The van der Waals surface area contributed by atoms with Gasteiger partial charge in [-0.15, -0.1) is 0 Å².